The SMILES string of the molecule is CCOC(=O)c1c(C)n(CC(C)C)c2ccc(O)c(C(C)(C)C(=O)OC)c12. The number of phenols is 1. The Balaban J connectivity index is 2.98. The van der Waals surface area contributed by atoms with E-state index in [-0.39, 0.29) is 12.4 Å². The highest BCUT2D eigenvalue weighted by atomic mass is 16.5. The highest BCUT2D eigenvalue weighted by Crippen LogP contribution is 2.42. The van der Waals surface area contributed by atoms with Gasteiger partial charge in [-0.1, -0.05) is 13.8 Å². The monoisotopic (exact) mass is 375 g/mol. The van der Waals surface area contributed by atoms with Gasteiger partial charge < -0.3 is 19.1 Å². The van der Waals surface area contributed by atoms with Crippen molar-refractivity contribution in [1.29, 1.82) is 0 Å². The molecule has 0 fully saturated rings. The lowest BCUT2D eigenvalue weighted by atomic mass is 9.81. The first-order chi connectivity index (χ1) is 12.6. The van der Waals surface area contributed by atoms with Gasteiger partial charge in [0.25, 0.3) is 0 Å². The third-order valence-electron chi connectivity index (χ3n) is 4.82. The summed E-state index contributed by atoms with van der Waals surface area (Å²) in [5, 5.41) is 11.2. The molecule has 0 aliphatic carbocycles. The zero-order chi connectivity index (χ0) is 20.5. The second kappa shape index (κ2) is 7.62. The quantitative estimate of drug-likeness (QED) is 0.774. The molecule has 0 radical (unpaired) electrons. The number of nitrogens with zero attached hydrogens (tertiary/aromatic N) is 1. The van der Waals surface area contributed by atoms with E-state index >= 15 is 0 Å². The Morgan fingerprint density at radius 3 is 2.41 bits per heavy atom. The van der Waals surface area contributed by atoms with Gasteiger partial charge in [-0.25, -0.2) is 4.79 Å². The normalized spacial score (nSPS) is 11.9. The minimum atomic E-state index is -1.14. The number of carbonyl (C=O) groups excluding carboxylic acids is 2. The van der Waals surface area contributed by atoms with Gasteiger partial charge in [-0.15, -0.1) is 0 Å². The number of aromatic hydroxyl groups is 1. The molecule has 27 heavy (non-hydrogen) atoms. The summed E-state index contributed by atoms with van der Waals surface area (Å²) in [5.41, 5.74) is 1.16. The van der Waals surface area contributed by atoms with Crippen molar-refractivity contribution in [2.45, 2.75) is 53.5 Å². The second-order valence-corrected chi connectivity index (χ2v) is 7.66. The number of ether oxygens (including phenoxy) is 2. The number of hydrogen-bond acceptors (Lipinski definition) is 5. The molecule has 6 heteroatoms. The molecule has 0 aliphatic heterocycles. The fourth-order valence-corrected chi connectivity index (χ4v) is 3.60. The highest BCUT2D eigenvalue weighted by Gasteiger charge is 2.38. The van der Waals surface area contributed by atoms with Gasteiger partial charge in [-0.2, -0.15) is 0 Å². The van der Waals surface area contributed by atoms with E-state index in [1.165, 1.54) is 7.11 Å². The molecule has 0 amide bonds. The number of phenolic OH excluding ortho intramolecular Hbond substituents is 1. The van der Waals surface area contributed by atoms with E-state index < -0.39 is 17.4 Å². The maximum Gasteiger partial charge on any atom is 0.340 e. The van der Waals surface area contributed by atoms with Gasteiger partial charge in [0, 0.05) is 28.7 Å². The number of methoxy groups -OCH3 is 1. The summed E-state index contributed by atoms with van der Waals surface area (Å²) in [6.45, 7) is 12.1. The van der Waals surface area contributed by atoms with E-state index in [9.17, 15) is 14.7 Å². The minimum Gasteiger partial charge on any atom is -0.508 e. The summed E-state index contributed by atoms with van der Waals surface area (Å²) >= 11 is 0. The Bertz CT molecular complexity index is 877. The van der Waals surface area contributed by atoms with Crippen molar-refractivity contribution in [1.82, 2.24) is 4.57 Å². The molecule has 0 saturated heterocycles. The molecular weight excluding hydrogens is 346 g/mol. The molecule has 6 nitrogen and oxygen atoms in total. The van der Waals surface area contributed by atoms with E-state index in [0.717, 1.165) is 11.2 Å². The van der Waals surface area contributed by atoms with Crippen LogP contribution in [-0.2, 0) is 26.2 Å². The first-order valence-corrected chi connectivity index (χ1v) is 9.18. The Labute approximate surface area is 160 Å². The van der Waals surface area contributed by atoms with Crippen molar-refractivity contribution in [2.75, 3.05) is 13.7 Å². The molecule has 2 rings (SSSR count). The molecule has 0 aliphatic rings. The maximum atomic E-state index is 12.8. The second-order valence-electron chi connectivity index (χ2n) is 7.66. The van der Waals surface area contributed by atoms with Crippen molar-refractivity contribution in [3.05, 3.63) is 29.0 Å². The maximum absolute atomic E-state index is 12.8. The van der Waals surface area contributed by atoms with Gasteiger partial charge in [0.2, 0.25) is 0 Å². The Kier molecular flexibility index (Phi) is 5.88. The van der Waals surface area contributed by atoms with Crippen LogP contribution in [0, 0.1) is 12.8 Å². The van der Waals surface area contributed by atoms with E-state index in [0.29, 0.717) is 29.0 Å². The molecule has 0 spiro atoms. The van der Waals surface area contributed by atoms with Crippen LogP contribution in [0.5, 0.6) is 5.75 Å². The fraction of sp³-hybridized carbons (Fsp3) is 0.524. The third kappa shape index (κ3) is 3.53. The average Bonchev–Trinajstić information content (AvgIpc) is 2.85. The van der Waals surface area contributed by atoms with Gasteiger partial charge in [-0.05, 0) is 45.7 Å². The van der Waals surface area contributed by atoms with Crippen molar-refractivity contribution in [2.24, 2.45) is 5.92 Å². The lowest BCUT2D eigenvalue weighted by Gasteiger charge is -2.24. The van der Waals surface area contributed by atoms with Crippen LogP contribution in [0.2, 0.25) is 0 Å². The van der Waals surface area contributed by atoms with Crippen LogP contribution in [0.25, 0.3) is 10.9 Å². The largest absolute Gasteiger partial charge is 0.508 e. The summed E-state index contributed by atoms with van der Waals surface area (Å²) in [6.07, 6.45) is 0. The molecule has 1 aromatic carbocycles. The van der Waals surface area contributed by atoms with Gasteiger partial charge >= 0.3 is 11.9 Å². The molecule has 0 bridgehead atoms. The number of rotatable bonds is 6. The molecular formula is C21H29NO5. The van der Waals surface area contributed by atoms with E-state index in [1.54, 1.807) is 32.9 Å². The first-order valence-electron chi connectivity index (χ1n) is 9.18. The number of esters is 2. The lowest BCUT2D eigenvalue weighted by Crippen LogP contribution is -2.30. The smallest absolute Gasteiger partial charge is 0.340 e. The van der Waals surface area contributed by atoms with Crippen LogP contribution < -0.4 is 0 Å². The van der Waals surface area contributed by atoms with Gasteiger partial charge in [0.15, 0.2) is 0 Å². The Hall–Kier alpha value is -2.50. The molecule has 1 N–H and O–H groups in total. The minimum absolute atomic E-state index is 0.0508. The number of fused-ring (bicyclic) bond motifs is 1. The number of carbonyl (C=O) groups is 2. The Morgan fingerprint density at radius 1 is 1.26 bits per heavy atom. The van der Waals surface area contributed by atoms with Crippen molar-refractivity contribution in [3.8, 4) is 5.75 Å². The van der Waals surface area contributed by atoms with Crippen LogP contribution in [0.15, 0.2) is 12.1 Å². The average molecular weight is 375 g/mol. The van der Waals surface area contributed by atoms with Gasteiger partial charge in [-0.3, -0.25) is 4.79 Å². The molecule has 1 aromatic heterocycles. The van der Waals surface area contributed by atoms with Crippen LogP contribution in [-0.4, -0.2) is 35.3 Å². The highest BCUT2D eigenvalue weighted by molar-refractivity contribution is 6.09. The topological polar surface area (TPSA) is 77.8 Å². The van der Waals surface area contributed by atoms with E-state index in [4.69, 9.17) is 9.47 Å². The van der Waals surface area contributed by atoms with E-state index in [2.05, 4.69) is 13.8 Å². The fourth-order valence-electron chi connectivity index (χ4n) is 3.60. The summed E-state index contributed by atoms with van der Waals surface area (Å²) in [7, 11) is 1.31. The third-order valence-corrected chi connectivity index (χ3v) is 4.82. The summed E-state index contributed by atoms with van der Waals surface area (Å²) in [6, 6.07) is 3.34. The van der Waals surface area contributed by atoms with Crippen molar-refractivity contribution in [3.63, 3.8) is 0 Å². The number of aromatic nitrogens is 1. The zero-order valence-electron chi connectivity index (χ0n) is 17.2. The van der Waals surface area contributed by atoms with Crippen LogP contribution in [0.4, 0.5) is 0 Å². The van der Waals surface area contributed by atoms with Gasteiger partial charge in [0.1, 0.15) is 5.75 Å². The standard InChI is InChI=1S/C21H29NO5/c1-8-27-19(24)16-13(4)22(11-12(2)3)14-9-10-15(23)18(17(14)16)21(5,6)20(25)26-7/h9-10,12,23H,8,11H2,1-7H3. The van der Waals surface area contributed by atoms with Crippen molar-refractivity contribution >= 4 is 22.8 Å². The van der Waals surface area contributed by atoms with Crippen LogP contribution >= 0.6 is 0 Å². The summed E-state index contributed by atoms with van der Waals surface area (Å²) in [5.74, 6) is -0.658. The van der Waals surface area contributed by atoms with E-state index in [1.807, 2.05) is 11.5 Å². The van der Waals surface area contributed by atoms with Crippen LogP contribution in [0.1, 0.15) is 56.2 Å². The molecule has 148 valence electrons. The molecule has 0 unspecified atom stereocenters. The lowest BCUT2D eigenvalue weighted by molar-refractivity contribution is -0.146. The number of benzene rings is 1. The Morgan fingerprint density at radius 2 is 1.89 bits per heavy atom. The molecule has 2 aromatic rings. The number of hydrogen-bond donors (Lipinski definition) is 1. The summed E-state index contributed by atoms with van der Waals surface area (Å²) in [4.78, 5) is 25.2. The predicted octanol–water partition coefficient (Wildman–Crippen LogP) is 3.94. The van der Waals surface area contributed by atoms with Crippen LogP contribution in [0.3, 0.4) is 0 Å². The molecule has 1 heterocycles. The van der Waals surface area contributed by atoms with Crippen molar-refractivity contribution < 1.29 is 24.2 Å². The predicted molar refractivity (Wildman–Crippen MR) is 104 cm³/mol. The summed E-state index contributed by atoms with van der Waals surface area (Å²) < 4.78 is 12.3. The first kappa shape index (κ1) is 20.8. The zero-order valence-corrected chi connectivity index (χ0v) is 17.2. The van der Waals surface area contributed by atoms with Gasteiger partial charge in [0.05, 0.1) is 24.7 Å². The molecule has 0 atom stereocenters. The molecule has 0 saturated carbocycles.